The molecule has 2 amide bonds. The first kappa shape index (κ1) is 18.0. The summed E-state index contributed by atoms with van der Waals surface area (Å²) in [5.74, 6) is -0.197. The highest BCUT2D eigenvalue weighted by Gasteiger charge is 2.05. The molecule has 126 valence electrons. The normalized spacial score (nSPS) is 10.2. The second kappa shape index (κ2) is 9.08. The highest BCUT2D eigenvalue weighted by atomic mass is 35.5. The van der Waals surface area contributed by atoms with Gasteiger partial charge >= 0.3 is 0 Å². The molecule has 0 spiro atoms. The molecular formula is C19H21ClN2O2. The average molecular weight is 345 g/mol. The van der Waals surface area contributed by atoms with Gasteiger partial charge in [-0.3, -0.25) is 9.59 Å². The standard InChI is InChI=1S/C19H21ClN2O2/c1-14-2-4-15(5-3-14)6-11-18(23)21-12-13-22-19(24)16-7-9-17(20)10-8-16/h2-5,7-10H,6,11-13H2,1H3,(H,21,23)(H,22,24). The van der Waals surface area contributed by atoms with E-state index in [9.17, 15) is 9.59 Å². The molecule has 0 bridgehead atoms. The minimum Gasteiger partial charge on any atom is -0.354 e. The molecule has 0 fully saturated rings. The zero-order chi connectivity index (χ0) is 17.4. The first-order valence-electron chi connectivity index (χ1n) is 7.90. The van der Waals surface area contributed by atoms with Crippen LogP contribution in [0.25, 0.3) is 0 Å². The fraction of sp³-hybridized carbons (Fsp3) is 0.263. The third-order valence-electron chi connectivity index (χ3n) is 3.60. The van der Waals surface area contributed by atoms with Gasteiger partial charge in [-0.2, -0.15) is 0 Å². The lowest BCUT2D eigenvalue weighted by molar-refractivity contribution is -0.121. The molecule has 24 heavy (non-hydrogen) atoms. The predicted octanol–water partition coefficient (Wildman–Crippen LogP) is 3.13. The van der Waals surface area contributed by atoms with E-state index in [0.717, 1.165) is 5.56 Å². The van der Waals surface area contributed by atoms with Crippen LogP contribution in [-0.2, 0) is 11.2 Å². The van der Waals surface area contributed by atoms with Crippen molar-refractivity contribution in [2.24, 2.45) is 0 Å². The first-order valence-corrected chi connectivity index (χ1v) is 8.28. The summed E-state index contributed by atoms with van der Waals surface area (Å²) in [6.07, 6.45) is 1.15. The summed E-state index contributed by atoms with van der Waals surface area (Å²) in [4.78, 5) is 23.7. The summed E-state index contributed by atoms with van der Waals surface area (Å²) >= 11 is 5.78. The molecule has 0 aliphatic rings. The van der Waals surface area contributed by atoms with Crippen LogP contribution in [0.15, 0.2) is 48.5 Å². The number of carbonyl (C=O) groups is 2. The van der Waals surface area contributed by atoms with Crippen LogP contribution in [0, 0.1) is 6.92 Å². The van der Waals surface area contributed by atoms with E-state index in [0.29, 0.717) is 36.5 Å². The van der Waals surface area contributed by atoms with Crippen molar-refractivity contribution in [1.29, 1.82) is 0 Å². The molecule has 0 aliphatic heterocycles. The second-order valence-corrected chi connectivity index (χ2v) is 6.03. The van der Waals surface area contributed by atoms with Gasteiger partial charge in [0.15, 0.2) is 0 Å². The van der Waals surface area contributed by atoms with E-state index in [1.54, 1.807) is 24.3 Å². The lowest BCUT2D eigenvalue weighted by atomic mass is 10.1. The van der Waals surface area contributed by atoms with Gasteiger partial charge in [-0.25, -0.2) is 0 Å². The smallest absolute Gasteiger partial charge is 0.251 e. The van der Waals surface area contributed by atoms with Crippen LogP contribution in [0.1, 0.15) is 27.9 Å². The number of amides is 2. The summed E-state index contributed by atoms with van der Waals surface area (Å²) in [5, 5.41) is 6.15. The van der Waals surface area contributed by atoms with Crippen molar-refractivity contribution >= 4 is 23.4 Å². The van der Waals surface area contributed by atoms with Crippen LogP contribution in [0.5, 0.6) is 0 Å². The van der Waals surface area contributed by atoms with Crippen LogP contribution < -0.4 is 10.6 Å². The number of carbonyl (C=O) groups excluding carboxylic acids is 2. The van der Waals surface area contributed by atoms with E-state index in [1.165, 1.54) is 5.56 Å². The molecule has 0 saturated heterocycles. The molecule has 0 radical (unpaired) electrons. The molecular weight excluding hydrogens is 324 g/mol. The van der Waals surface area contributed by atoms with Crippen molar-refractivity contribution in [2.45, 2.75) is 19.8 Å². The second-order valence-electron chi connectivity index (χ2n) is 5.60. The minimum atomic E-state index is -0.180. The number of rotatable bonds is 7. The third-order valence-corrected chi connectivity index (χ3v) is 3.85. The molecule has 2 aromatic rings. The van der Waals surface area contributed by atoms with Crippen LogP contribution in [0.3, 0.4) is 0 Å². The average Bonchev–Trinajstić information content (AvgIpc) is 2.58. The topological polar surface area (TPSA) is 58.2 Å². The Hall–Kier alpha value is -2.33. The summed E-state index contributed by atoms with van der Waals surface area (Å²) in [5.41, 5.74) is 2.90. The van der Waals surface area contributed by atoms with E-state index in [2.05, 4.69) is 10.6 Å². The van der Waals surface area contributed by atoms with Crippen molar-refractivity contribution in [3.63, 3.8) is 0 Å². The Morgan fingerprint density at radius 1 is 0.917 bits per heavy atom. The van der Waals surface area contributed by atoms with E-state index in [-0.39, 0.29) is 11.8 Å². The Morgan fingerprint density at radius 2 is 1.54 bits per heavy atom. The predicted molar refractivity (Wildman–Crippen MR) is 96.3 cm³/mol. The summed E-state index contributed by atoms with van der Waals surface area (Å²) < 4.78 is 0. The van der Waals surface area contributed by atoms with Gasteiger partial charge in [0, 0.05) is 30.1 Å². The fourth-order valence-corrected chi connectivity index (χ4v) is 2.31. The molecule has 0 atom stereocenters. The number of hydrogen-bond donors (Lipinski definition) is 2. The van der Waals surface area contributed by atoms with E-state index < -0.39 is 0 Å². The van der Waals surface area contributed by atoms with Gasteiger partial charge in [0.2, 0.25) is 5.91 Å². The molecule has 2 N–H and O–H groups in total. The molecule has 0 aromatic heterocycles. The number of hydrogen-bond acceptors (Lipinski definition) is 2. The van der Waals surface area contributed by atoms with Gasteiger partial charge in [-0.05, 0) is 43.2 Å². The number of nitrogens with one attached hydrogen (secondary N) is 2. The maximum Gasteiger partial charge on any atom is 0.251 e. The highest BCUT2D eigenvalue weighted by Crippen LogP contribution is 2.09. The molecule has 0 saturated carbocycles. The molecule has 2 rings (SSSR count). The Bertz CT molecular complexity index is 682. The van der Waals surface area contributed by atoms with Crippen LogP contribution in [0.4, 0.5) is 0 Å². The van der Waals surface area contributed by atoms with Gasteiger partial charge < -0.3 is 10.6 Å². The molecule has 0 aliphatic carbocycles. The van der Waals surface area contributed by atoms with Crippen molar-refractivity contribution in [2.75, 3.05) is 13.1 Å². The van der Waals surface area contributed by atoms with Gasteiger partial charge in [0.05, 0.1) is 0 Å². The van der Waals surface area contributed by atoms with Crippen LogP contribution in [-0.4, -0.2) is 24.9 Å². The molecule has 2 aromatic carbocycles. The Morgan fingerprint density at radius 3 is 2.21 bits per heavy atom. The minimum absolute atomic E-state index is 0.0173. The molecule has 4 nitrogen and oxygen atoms in total. The molecule has 0 heterocycles. The number of benzene rings is 2. The summed E-state index contributed by atoms with van der Waals surface area (Å²) in [6.45, 7) is 2.83. The van der Waals surface area contributed by atoms with Gasteiger partial charge in [-0.15, -0.1) is 0 Å². The lowest BCUT2D eigenvalue weighted by Gasteiger charge is -2.07. The SMILES string of the molecule is Cc1ccc(CCC(=O)NCCNC(=O)c2ccc(Cl)cc2)cc1. The quantitative estimate of drug-likeness (QED) is 0.758. The van der Waals surface area contributed by atoms with Crippen LogP contribution in [0.2, 0.25) is 5.02 Å². The molecule has 5 heteroatoms. The summed E-state index contributed by atoms with van der Waals surface area (Å²) in [7, 11) is 0. The van der Waals surface area contributed by atoms with E-state index in [1.807, 2.05) is 31.2 Å². The maximum atomic E-state index is 11.9. The zero-order valence-electron chi connectivity index (χ0n) is 13.6. The Kier molecular flexibility index (Phi) is 6.82. The number of aryl methyl sites for hydroxylation is 2. The largest absolute Gasteiger partial charge is 0.354 e. The van der Waals surface area contributed by atoms with Crippen molar-refractivity contribution in [3.8, 4) is 0 Å². The van der Waals surface area contributed by atoms with Crippen LogP contribution >= 0.6 is 11.6 Å². The van der Waals surface area contributed by atoms with Crippen molar-refractivity contribution in [3.05, 3.63) is 70.2 Å². The maximum absolute atomic E-state index is 11.9. The highest BCUT2D eigenvalue weighted by molar-refractivity contribution is 6.30. The van der Waals surface area contributed by atoms with E-state index in [4.69, 9.17) is 11.6 Å². The molecule has 0 unspecified atom stereocenters. The van der Waals surface area contributed by atoms with Crippen molar-refractivity contribution in [1.82, 2.24) is 10.6 Å². The third kappa shape index (κ3) is 6.05. The van der Waals surface area contributed by atoms with Gasteiger partial charge in [-0.1, -0.05) is 41.4 Å². The monoisotopic (exact) mass is 344 g/mol. The fourth-order valence-electron chi connectivity index (χ4n) is 2.18. The summed E-state index contributed by atoms with van der Waals surface area (Å²) in [6, 6.07) is 14.8. The number of halogens is 1. The Balaban J connectivity index is 1.63. The Labute approximate surface area is 147 Å². The zero-order valence-corrected chi connectivity index (χ0v) is 14.4. The van der Waals surface area contributed by atoms with Gasteiger partial charge in [0.25, 0.3) is 5.91 Å². The van der Waals surface area contributed by atoms with E-state index >= 15 is 0 Å². The van der Waals surface area contributed by atoms with Crippen molar-refractivity contribution < 1.29 is 9.59 Å². The first-order chi connectivity index (χ1) is 11.5. The van der Waals surface area contributed by atoms with Gasteiger partial charge in [0.1, 0.15) is 0 Å². The lowest BCUT2D eigenvalue weighted by Crippen LogP contribution is -2.34.